The van der Waals surface area contributed by atoms with Crippen molar-refractivity contribution < 1.29 is 4.79 Å². The molecule has 4 nitrogen and oxygen atoms in total. The Kier molecular flexibility index (Phi) is 5.14. The van der Waals surface area contributed by atoms with E-state index in [0.29, 0.717) is 5.69 Å². The Morgan fingerprint density at radius 1 is 1.29 bits per heavy atom. The Labute approximate surface area is 143 Å². The lowest BCUT2D eigenvalue weighted by Gasteiger charge is -2.22. The highest BCUT2D eigenvalue weighted by molar-refractivity contribution is 6.06. The van der Waals surface area contributed by atoms with E-state index in [4.69, 9.17) is 0 Å². The average Bonchev–Trinajstić information content (AvgIpc) is 2.94. The average molecular weight is 323 g/mol. The maximum Gasteiger partial charge on any atom is 0.277 e. The second-order valence-electron chi connectivity index (χ2n) is 6.42. The molecule has 1 unspecified atom stereocenters. The summed E-state index contributed by atoms with van der Waals surface area (Å²) in [6, 6.07) is 12.1. The molecule has 1 N–H and O–H groups in total. The number of hydrogen-bond acceptors (Lipinski definition) is 3. The maximum atomic E-state index is 13.0. The van der Waals surface area contributed by atoms with Crippen LogP contribution in [0.2, 0.25) is 0 Å². The molecule has 0 spiro atoms. The van der Waals surface area contributed by atoms with Gasteiger partial charge in [-0.05, 0) is 43.5 Å². The molecule has 3 rings (SSSR count). The first kappa shape index (κ1) is 16.5. The second-order valence-corrected chi connectivity index (χ2v) is 6.42. The number of fused-ring (bicyclic) bond motifs is 1. The molecule has 0 aliphatic carbocycles. The van der Waals surface area contributed by atoms with Gasteiger partial charge in [-0.3, -0.25) is 9.78 Å². The van der Waals surface area contributed by atoms with Gasteiger partial charge in [-0.25, -0.2) is 0 Å². The first-order valence-electron chi connectivity index (χ1n) is 8.82. The third kappa shape index (κ3) is 3.42. The number of hydrogen-bond donors (Lipinski definition) is 1. The molecule has 1 aromatic carbocycles. The van der Waals surface area contributed by atoms with Gasteiger partial charge in [0.25, 0.3) is 5.91 Å². The summed E-state index contributed by atoms with van der Waals surface area (Å²) in [5.41, 5.74) is 3.70. The Bertz CT molecular complexity index is 714. The van der Waals surface area contributed by atoms with Crippen molar-refractivity contribution in [2.75, 3.05) is 16.8 Å². The van der Waals surface area contributed by atoms with Gasteiger partial charge in [0.2, 0.25) is 0 Å². The fourth-order valence-corrected chi connectivity index (χ4v) is 3.26. The van der Waals surface area contributed by atoms with E-state index in [9.17, 15) is 4.79 Å². The van der Waals surface area contributed by atoms with Gasteiger partial charge < -0.3 is 10.2 Å². The number of benzene rings is 1. The van der Waals surface area contributed by atoms with E-state index in [0.717, 1.165) is 30.8 Å². The highest BCUT2D eigenvalue weighted by Gasteiger charge is 2.31. The number of nitrogens with zero attached hydrogens (tertiary/aromatic N) is 2. The Hall–Kier alpha value is -2.36. The van der Waals surface area contributed by atoms with Crippen molar-refractivity contribution in [1.29, 1.82) is 0 Å². The van der Waals surface area contributed by atoms with Gasteiger partial charge in [-0.15, -0.1) is 0 Å². The number of unbranched alkanes of at least 4 members (excludes halogenated alkanes) is 2. The zero-order valence-corrected chi connectivity index (χ0v) is 14.5. The summed E-state index contributed by atoms with van der Waals surface area (Å²) < 4.78 is 0. The fraction of sp³-hybridized carbons (Fsp3) is 0.400. The number of carbonyl (C=O) groups excluding carboxylic acids is 1. The maximum absolute atomic E-state index is 13.0. The topological polar surface area (TPSA) is 45.2 Å². The van der Waals surface area contributed by atoms with Gasteiger partial charge in [0.1, 0.15) is 5.69 Å². The van der Waals surface area contributed by atoms with Crippen LogP contribution in [0.3, 0.4) is 0 Å². The van der Waals surface area contributed by atoms with E-state index in [-0.39, 0.29) is 11.9 Å². The minimum absolute atomic E-state index is 0.0235. The van der Waals surface area contributed by atoms with Crippen molar-refractivity contribution in [2.24, 2.45) is 0 Å². The minimum atomic E-state index is -0.0235. The van der Waals surface area contributed by atoms with Crippen LogP contribution in [0.5, 0.6) is 0 Å². The molecule has 4 heteroatoms. The number of aromatic nitrogens is 1. The van der Waals surface area contributed by atoms with Gasteiger partial charge in [0.05, 0.1) is 0 Å². The molecule has 2 heterocycles. The number of anilines is 2. The van der Waals surface area contributed by atoms with Crippen LogP contribution in [0.25, 0.3) is 0 Å². The summed E-state index contributed by atoms with van der Waals surface area (Å²) in [6.45, 7) is 5.21. The molecular weight excluding hydrogens is 298 g/mol. The lowest BCUT2D eigenvalue weighted by molar-refractivity contribution is 0.0976. The van der Waals surface area contributed by atoms with Crippen molar-refractivity contribution in [3.63, 3.8) is 0 Å². The highest BCUT2D eigenvalue weighted by Crippen LogP contribution is 2.32. The Balaban J connectivity index is 1.76. The van der Waals surface area contributed by atoms with Gasteiger partial charge in [0, 0.05) is 30.2 Å². The first-order valence-corrected chi connectivity index (χ1v) is 8.82. The number of pyridine rings is 1. The molecule has 126 valence electrons. The molecule has 0 fully saturated rings. The van der Waals surface area contributed by atoms with E-state index < -0.39 is 0 Å². The molecule has 1 atom stereocenters. The first-order chi connectivity index (χ1) is 11.7. The monoisotopic (exact) mass is 323 g/mol. The SMILES string of the molecule is CCCCCNc1ccnc(C(=O)N2c3ccccc3CC2C)c1. The van der Waals surface area contributed by atoms with Crippen LogP contribution in [-0.4, -0.2) is 23.5 Å². The quantitative estimate of drug-likeness (QED) is 0.807. The van der Waals surface area contributed by atoms with Crippen molar-refractivity contribution >= 4 is 17.3 Å². The molecule has 0 radical (unpaired) electrons. The number of carbonyl (C=O) groups is 1. The predicted octanol–water partition coefficient (Wildman–Crippen LogP) is 4.28. The third-order valence-electron chi connectivity index (χ3n) is 4.51. The van der Waals surface area contributed by atoms with Crippen LogP contribution in [0.4, 0.5) is 11.4 Å². The molecule has 1 aliphatic rings. The van der Waals surface area contributed by atoms with Crippen molar-refractivity contribution in [1.82, 2.24) is 4.98 Å². The largest absolute Gasteiger partial charge is 0.385 e. The van der Waals surface area contributed by atoms with Crippen molar-refractivity contribution in [3.8, 4) is 0 Å². The Morgan fingerprint density at radius 2 is 2.12 bits per heavy atom. The van der Waals surface area contributed by atoms with Crippen LogP contribution in [0.15, 0.2) is 42.6 Å². The van der Waals surface area contributed by atoms with E-state index >= 15 is 0 Å². The fourth-order valence-electron chi connectivity index (χ4n) is 3.26. The van der Waals surface area contributed by atoms with Crippen LogP contribution < -0.4 is 10.2 Å². The standard InChI is InChI=1S/C20H25N3O/c1-3-4-7-11-21-17-10-12-22-18(14-17)20(24)23-15(2)13-16-8-5-6-9-19(16)23/h5-6,8-10,12,14-15H,3-4,7,11,13H2,1-2H3,(H,21,22). The van der Waals surface area contributed by atoms with Crippen LogP contribution in [0, 0.1) is 0 Å². The summed E-state index contributed by atoms with van der Waals surface area (Å²) in [6.07, 6.45) is 6.16. The number of nitrogens with one attached hydrogen (secondary N) is 1. The zero-order chi connectivity index (χ0) is 16.9. The summed E-state index contributed by atoms with van der Waals surface area (Å²) in [5.74, 6) is -0.0235. The smallest absolute Gasteiger partial charge is 0.277 e. The number of rotatable bonds is 6. The third-order valence-corrected chi connectivity index (χ3v) is 4.51. The van der Waals surface area contributed by atoms with E-state index in [1.807, 2.05) is 35.2 Å². The van der Waals surface area contributed by atoms with E-state index in [1.165, 1.54) is 18.4 Å². The molecule has 1 amide bonds. The van der Waals surface area contributed by atoms with Crippen LogP contribution in [0.1, 0.15) is 49.2 Å². The lowest BCUT2D eigenvalue weighted by Crippen LogP contribution is -2.36. The van der Waals surface area contributed by atoms with Crippen LogP contribution >= 0.6 is 0 Å². The summed E-state index contributed by atoms with van der Waals surface area (Å²) in [4.78, 5) is 19.2. The molecule has 0 saturated carbocycles. The van der Waals surface area contributed by atoms with Gasteiger partial charge >= 0.3 is 0 Å². The number of para-hydroxylation sites is 1. The van der Waals surface area contributed by atoms with Gasteiger partial charge in [0.15, 0.2) is 0 Å². The molecule has 2 aromatic rings. The summed E-state index contributed by atoms with van der Waals surface area (Å²) in [7, 11) is 0. The minimum Gasteiger partial charge on any atom is -0.385 e. The van der Waals surface area contributed by atoms with Crippen LogP contribution in [-0.2, 0) is 6.42 Å². The molecular formula is C20H25N3O. The number of amides is 1. The lowest BCUT2D eigenvalue weighted by atomic mass is 10.1. The van der Waals surface area contributed by atoms with E-state index in [1.54, 1.807) is 6.20 Å². The summed E-state index contributed by atoms with van der Waals surface area (Å²) in [5, 5.41) is 3.38. The second kappa shape index (κ2) is 7.47. The van der Waals surface area contributed by atoms with Crippen molar-refractivity contribution in [2.45, 2.75) is 45.6 Å². The molecule has 0 bridgehead atoms. The predicted molar refractivity (Wildman–Crippen MR) is 98.7 cm³/mol. The molecule has 24 heavy (non-hydrogen) atoms. The molecule has 1 aliphatic heterocycles. The van der Waals surface area contributed by atoms with Gasteiger partial charge in [-0.1, -0.05) is 38.0 Å². The summed E-state index contributed by atoms with van der Waals surface area (Å²) >= 11 is 0. The van der Waals surface area contributed by atoms with Crippen molar-refractivity contribution in [3.05, 3.63) is 53.9 Å². The normalized spacial score (nSPS) is 16.1. The highest BCUT2D eigenvalue weighted by atomic mass is 16.2. The van der Waals surface area contributed by atoms with E-state index in [2.05, 4.69) is 30.2 Å². The van der Waals surface area contributed by atoms with Gasteiger partial charge in [-0.2, -0.15) is 0 Å². The Morgan fingerprint density at radius 3 is 2.96 bits per heavy atom. The molecule has 0 saturated heterocycles. The zero-order valence-electron chi connectivity index (χ0n) is 14.5. The molecule has 1 aromatic heterocycles.